The highest BCUT2D eigenvalue weighted by Crippen LogP contribution is 2.28. The Morgan fingerprint density at radius 2 is 1.54 bits per heavy atom. The van der Waals surface area contributed by atoms with Gasteiger partial charge in [0.2, 0.25) is 0 Å². The summed E-state index contributed by atoms with van der Waals surface area (Å²) in [6.45, 7) is 6.26. The summed E-state index contributed by atoms with van der Waals surface area (Å²) in [6.07, 6.45) is 0.716. The first-order chi connectivity index (χ1) is 11.5. The van der Waals surface area contributed by atoms with Gasteiger partial charge in [-0.25, -0.2) is 0 Å². The van der Waals surface area contributed by atoms with Crippen LogP contribution in [0.25, 0.3) is 11.1 Å². The van der Waals surface area contributed by atoms with Gasteiger partial charge in [0.05, 0.1) is 18.8 Å². The van der Waals surface area contributed by atoms with Crippen molar-refractivity contribution in [1.82, 2.24) is 4.90 Å². The van der Waals surface area contributed by atoms with Crippen LogP contribution in [0.15, 0.2) is 48.5 Å². The number of aliphatic hydroxyl groups is 1. The van der Waals surface area contributed by atoms with Crippen LogP contribution < -0.4 is 5.73 Å². The highest BCUT2D eigenvalue weighted by Gasteiger charge is 2.24. The molecule has 0 spiro atoms. The monoisotopic (exact) mass is 326 g/mol. The van der Waals surface area contributed by atoms with E-state index in [1.54, 1.807) is 0 Å². The number of nitrogens with zero attached hydrogens (tertiary/aromatic N) is 1. The van der Waals surface area contributed by atoms with E-state index >= 15 is 0 Å². The van der Waals surface area contributed by atoms with Crippen molar-refractivity contribution >= 4 is 5.69 Å². The molecule has 2 aromatic carbocycles. The van der Waals surface area contributed by atoms with Gasteiger partial charge in [-0.2, -0.15) is 0 Å². The number of morpholine rings is 1. The van der Waals surface area contributed by atoms with E-state index in [-0.39, 0.29) is 0 Å². The summed E-state index contributed by atoms with van der Waals surface area (Å²) in [4.78, 5) is 2.35. The van der Waals surface area contributed by atoms with Crippen molar-refractivity contribution in [3.05, 3.63) is 54.1 Å². The molecule has 0 saturated carbocycles. The first-order valence-corrected chi connectivity index (χ1v) is 8.53. The van der Waals surface area contributed by atoms with Gasteiger partial charge < -0.3 is 15.6 Å². The molecule has 2 aromatic rings. The maximum Gasteiger partial charge on any atom is 0.0880 e. The maximum atomic E-state index is 10.8. The molecule has 1 aliphatic heterocycles. The van der Waals surface area contributed by atoms with E-state index < -0.39 is 5.60 Å². The third kappa shape index (κ3) is 4.15. The van der Waals surface area contributed by atoms with Crippen molar-refractivity contribution in [3.63, 3.8) is 0 Å². The van der Waals surface area contributed by atoms with Crippen molar-refractivity contribution < 1.29 is 9.84 Å². The summed E-state index contributed by atoms with van der Waals surface area (Å²) < 4.78 is 5.37. The lowest BCUT2D eigenvalue weighted by Crippen LogP contribution is -2.39. The van der Waals surface area contributed by atoms with Crippen molar-refractivity contribution in [2.75, 3.05) is 38.6 Å². The Hall–Kier alpha value is -1.88. The number of benzene rings is 2. The Bertz CT molecular complexity index is 644. The fourth-order valence-corrected chi connectivity index (χ4v) is 3.04. The molecule has 3 N–H and O–H groups in total. The summed E-state index contributed by atoms with van der Waals surface area (Å²) in [6, 6.07) is 16.0. The summed E-state index contributed by atoms with van der Waals surface area (Å²) in [5.41, 5.74) is 8.89. The van der Waals surface area contributed by atoms with E-state index in [0.717, 1.165) is 55.2 Å². The molecule has 1 aliphatic rings. The molecule has 3 rings (SSSR count). The van der Waals surface area contributed by atoms with E-state index in [1.165, 1.54) is 0 Å². The topological polar surface area (TPSA) is 58.7 Å². The Morgan fingerprint density at radius 3 is 2.12 bits per heavy atom. The van der Waals surface area contributed by atoms with Crippen molar-refractivity contribution in [3.8, 4) is 11.1 Å². The lowest BCUT2D eigenvalue weighted by atomic mass is 9.90. The van der Waals surface area contributed by atoms with Gasteiger partial charge in [0.15, 0.2) is 0 Å². The molecule has 1 atom stereocenters. The van der Waals surface area contributed by atoms with Gasteiger partial charge in [0.1, 0.15) is 0 Å². The van der Waals surface area contributed by atoms with Crippen LogP contribution in [0.4, 0.5) is 5.69 Å². The SMILES string of the molecule is CC(O)(CCN1CCOCC1)c1ccc(-c2ccc(N)cc2)cc1. The third-order valence-electron chi connectivity index (χ3n) is 4.77. The smallest absolute Gasteiger partial charge is 0.0880 e. The molecule has 4 nitrogen and oxygen atoms in total. The van der Waals surface area contributed by atoms with Gasteiger partial charge in [-0.3, -0.25) is 4.90 Å². The summed E-state index contributed by atoms with van der Waals surface area (Å²) in [5.74, 6) is 0. The minimum absolute atomic E-state index is 0.716. The number of hydrogen-bond acceptors (Lipinski definition) is 4. The summed E-state index contributed by atoms with van der Waals surface area (Å²) >= 11 is 0. The van der Waals surface area contributed by atoms with Crippen LogP contribution in [0.5, 0.6) is 0 Å². The number of nitrogens with two attached hydrogens (primary N) is 1. The minimum atomic E-state index is -0.821. The van der Waals surface area contributed by atoms with E-state index in [0.29, 0.717) is 6.42 Å². The van der Waals surface area contributed by atoms with Crippen LogP contribution >= 0.6 is 0 Å². The van der Waals surface area contributed by atoms with Gasteiger partial charge in [-0.15, -0.1) is 0 Å². The number of anilines is 1. The second kappa shape index (κ2) is 7.34. The molecule has 0 aromatic heterocycles. The minimum Gasteiger partial charge on any atom is -0.399 e. The zero-order valence-electron chi connectivity index (χ0n) is 14.2. The average Bonchev–Trinajstić information content (AvgIpc) is 2.62. The van der Waals surface area contributed by atoms with Gasteiger partial charge in [0, 0.05) is 25.3 Å². The molecule has 1 heterocycles. The molecule has 0 radical (unpaired) electrons. The second-order valence-electron chi connectivity index (χ2n) is 6.68. The van der Waals surface area contributed by atoms with Gasteiger partial charge >= 0.3 is 0 Å². The molecule has 128 valence electrons. The molecule has 0 bridgehead atoms. The normalized spacial score (nSPS) is 18.2. The molecule has 0 aliphatic carbocycles. The van der Waals surface area contributed by atoms with Crippen LogP contribution in [0.2, 0.25) is 0 Å². The molecule has 1 saturated heterocycles. The predicted octanol–water partition coefficient (Wildman–Crippen LogP) is 2.87. The van der Waals surface area contributed by atoms with E-state index in [1.807, 2.05) is 43.3 Å². The maximum absolute atomic E-state index is 10.8. The van der Waals surface area contributed by atoms with Crippen molar-refractivity contribution in [2.45, 2.75) is 18.9 Å². The Kier molecular flexibility index (Phi) is 5.19. The van der Waals surface area contributed by atoms with Crippen molar-refractivity contribution in [2.24, 2.45) is 0 Å². The molecular weight excluding hydrogens is 300 g/mol. The predicted molar refractivity (Wildman–Crippen MR) is 97.7 cm³/mol. The van der Waals surface area contributed by atoms with E-state index in [9.17, 15) is 5.11 Å². The lowest BCUT2D eigenvalue weighted by Gasteiger charge is -2.31. The molecule has 24 heavy (non-hydrogen) atoms. The second-order valence-corrected chi connectivity index (χ2v) is 6.68. The molecule has 0 amide bonds. The Balaban J connectivity index is 1.65. The highest BCUT2D eigenvalue weighted by atomic mass is 16.5. The first kappa shape index (κ1) is 17.0. The number of hydrogen-bond donors (Lipinski definition) is 2. The lowest BCUT2D eigenvalue weighted by molar-refractivity contribution is 0.00549. The Labute approximate surface area is 143 Å². The molecule has 1 unspecified atom stereocenters. The largest absolute Gasteiger partial charge is 0.399 e. The fourth-order valence-electron chi connectivity index (χ4n) is 3.04. The first-order valence-electron chi connectivity index (χ1n) is 8.53. The van der Waals surface area contributed by atoms with Crippen LogP contribution in [0.3, 0.4) is 0 Å². The quantitative estimate of drug-likeness (QED) is 0.830. The fraction of sp³-hybridized carbons (Fsp3) is 0.400. The van der Waals surface area contributed by atoms with E-state index in [4.69, 9.17) is 10.5 Å². The van der Waals surface area contributed by atoms with Crippen LogP contribution in [0.1, 0.15) is 18.9 Å². The van der Waals surface area contributed by atoms with Gasteiger partial charge in [-0.05, 0) is 42.2 Å². The third-order valence-corrected chi connectivity index (χ3v) is 4.77. The van der Waals surface area contributed by atoms with E-state index in [2.05, 4.69) is 17.0 Å². The number of rotatable bonds is 5. The summed E-state index contributed by atoms with van der Waals surface area (Å²) in [7, 11) is 0. The average molecular weight is 326 g/mol. The molecule has 4 heteroatoms. The van der Waals surface area contributed by atoms with Gasteiger partial charge in [0.25, 0.3) is 0 Å². The van der Waals surface area contributed by atoms with Crippen LogP contribution in [-0.4, -0.2) is 42.9 Å². The summed E-state index contributed by atoms with van der Waals surface area (Å²) in [5, 5.41) is 10.8. The number of ether oxygens (including phenoxy) is 1. The Morgan fingerprint density at radius 1 is 1.00 bits per heavy atom. The molecule has 1 fully saturated rings. The van der Waals surface area contributed by atoms with Crippen LogP contribution in [-0.2, 0) is 10.3 Å². The van der Waals surface area contributed by atoms with Crippen LogP contribution in [0, 0.1) is 0 Å². The van der Waals surface area contributed by atoms with Gasteiger partial charge in [-0.1, -0.05) is 36.4 Å². The highest BCUT2D eigenvalue weighted by molar-refractivity contribution is 5.65. The molecular formula is C20H26N2O2. The standard InChI is InChI=1S/C20H26N2O2/c1-20(23,10-11-22-12-14-24-15-13-22)18-6-2-16(3-7-18)17-4-8-19(21)9-5-17/h2-9,23H,10-15,21H2,1H3. The van der Waals surface area contributed by atoms with Crippen molar-refractivity contribution in [1.29, 1.82) is 0 Å². The zero-order chi connectivity index (χ0) is 17.0. The zero-order valence-corrected chi connectivity index (χ0v) is 14.2. The number of nitrogen functional groups attached to an aromatic ring is 1.